The Hall–Kier alpha value is -1.90. The van der Waals surface area contributed by atoms with Crippen LogP contribution in [-0.2, 0) is 6.42 Å². The topological polar surface area (TPSA) is 29.0 Å². The highest BCUT2D eigenvalue weighted by Gasteiger charge is 2.48. The summed E-state index contributed by atoms with van der Waals surface area (Å²) in [4.78, 5) is 12.3. The Balaban J connectivity index is 1.68. The van der Waals surface area contributed by atoms with Gasteiger partial charge in [-0.1, -0.05) is 30.3 Å². The van der Waals surface area contributed by atoms with Crippen LogP contribution in [0.1, 0.15) is 36.9 Å². The average molecular weight is 277 g/mol. The minimum atomic E-state index is 0.586. The van der Waals surface area contributed by atoms with E-state index in [1.807, 2.05) is 0 Å². The monoisotopic (exact) mass is 277 g/mol. The van der Waals surface area contributed by atoms with Crippen molar-refractivity contribution in [2.45, 2.75) is 38.1 Å². The van der Waals surface area contributed by atoms with E-state index in [0.29, 0.717) is 6.04 Å². The Kier molecular flexibility index (Phi) is 2.27. The van der Waals surface area contributed by atoms with Gasteiger partial charge in [-0.3, -0.25) is 0 Å². The maximum Gasteiger partial charge on any atom is 0.226 e. The van der Waals surface area contributed by atoms with Gasteiger partial charge in [-0.05, 0) is 32.1 Å². The third kappa shape index (κ3) is 1.66. The Morgan fingerprint density at radius 2 is 2.00 bits per heavy atom. The standard InChI is InChI=1S/C18H19N3/c1-11-7-8-21(11)18-19-16(12-5-3-2-4-6-12)15-10-13-9-14(13)17(15)20-18/h2-6,11,13-14H,7-10H2,1H3/t11-,13-,14-/m0/s1. The molecule has 2 aliphatic carbocycles. The zero-order valence-corrected chi connectivity index (χ0v) is 12.3. The van der Waals surface area contributed by atoms with Gasteiger partial charge in [0.25, 0.3) is 0 Å². The molecule has 1 aliphatic heterocycles. The highest BCUT2D eigenvalue weighted by Crippen LogP contribution is 2.57. The fourth-order valence-electron chi connectivity index (χ4n) is 3.84. The van der Waals surface area contributed by atoms with Crippen LogP contribution in [0.25, 0.3) is 11.3 Å². The van der Waals surface area contributed by atoms with E-state index < -0.39 is 0 Å². The molecule has 0 spiro atoms. The van der Waals surface area contributed by atoms with Crippen molar-refractivity contribution in [1.82, 2.24) is 9.97 Å². The molecule has 1 aromatic carbocycles. The van der Waals surface area contributed by atoms with E-state index in [0.717, 1.165) is 24.3 Å². The van der Waals surface area contributed by atoms with E-state index in [1.165, 1.54) is 41.8 Å². The van der Waals surface area contributed by atoms with Crippen LogP contribution < -0.4 is 4.90 Å². The second-order valence-corrected chi connectivity index (χ2v) is 6.74. The van der Waals surface area contributed by atoms with E-state index in [9.17, 15) is 0 Å². The normalized spacial score (nSPS) is 28.8. The van der Waals surface area contributed by atoms with Gasteiger partial charge in [-0.2, -0.15) is 0 Å². The van der Waals surface area contributed by atoms with Crippen molar-refractivity contribution >= 4 is 5.95 Å². The van der Waals surface area contributed by atoms with Crippen LogP contribution in [0.2, 0.25) is 0 Å². The van der Waals surface area contributed by atoms with Crippen LogP contribution >= 0.6 is 0 Å². The van der Waals surface area contributed by atoms with E-state index in [4.69, 9.17) is 9.97 Å². The summed E-state index contributed by atoms with van der Waals surface area (Å²) >= 11 is 0. The zero-order chi connectivity index (χ0) is 14.0. The molecule has 3 atom stereocenters. The van der Waals surface area contributed by atoms with Gasteiger partial charge in [-0.25, -0.2) is 9.97 Å². The molecule has 1 saturated heterocycles. The molecule has 5 rings (SSSR count). The molecular weight excluding hydrogens is 258 g/mol. The molecule has 0 N–H and O–H groups in total. The van der Waals surface area contributed by atoms with E-state index >= 15 is 0 Å². The molecular formula is C18H19N3. The molecule has 2 heterocycles. The first-order valence-electron chi connectivity index (χ1n) is 8.04. The lowest BCUT2D eigenvalue weighted by atomic mass is 10.0. The second kappa shape index (κ2) is 4.06. The van der Waals surface area contributed by atoms with Gasteiger partial charge in [0.05, 0.1) is 11.4 Å². The lowest BCUT2D eigenvalue weighted by Crippen LogP contribution is -2.46. The Bertz CT molecular complexity index is 710. The van der Waals surface area contributed by atoms with Gasteiger partial charge in [-0.15, -0.1) is 0 Å². The maximum absolute atomic E-state index is 4.96. The van der Waals surface area contributed by atoms with Crippen LogP contribution in [0.5, 0.6) is 0 Å². The van der Waals surface area contributed by atoms with Gasteiger partial charge in [0.2, 0.25) is 5.95 Å². The quantitative estimate of drug-likeness (QED) is 0.842. The van der Waals surface area contributed by atoms with Gasteiger partial charge in [0.15, 0.2) is 0 Å². The van der Waals surface area contributed by atoms with Crippen molar-refractivity contribution < 1.29 is 0 Å². The summed E-state index contributed by atoms with van der Waals surface area (Å²) in [7, 11) is 0. The number of aromatic nitrogens is 2. The zero-order valence-electron chi connectivity index (χ0n) is 12.3. The van der Waals surface area contributed by atoms with Crippen molar-refractivity contribution in [1.29, 1.82) is 0 Å². The molecule has 0 radical (unpaired) electrons. The number of anilines is 1. The molecule has 1 saturated carbocycles. The molecule has 3 heteroatoms. The number of fused-ring (bicyclic) bond motifs is 3. The van der Waals surface area contributed by atoms with Crippen molar-refractivity contribution in [2.24, 2.45) is 5.92 Å². The lowest BCUT2D eigenvalue weighted by Gasteiger charge is -2.39. The Labute approximate surface area is 125 Å². The summed E-state index contributed by atoms with van der Waals surface area (Å²) in [6.45, 7) is 3.37. The summed E-state index contributed by atoms with van der Waals surface area (Å²) in [6, 6.07) is 11.2. The molecule has 2 fully saturated rings. The van der Waals surface area contributed by atoms with E-state index in [-0.39, 0.29) is 0 Å². The van der Waals surface area contributed by atoms with Gasteiger partial charge in [0, 0.05) is 29.6 Å². The van der Waals surface area contributed by atoms with Crippen LogP contribution in [0.15, 0.2) is 30.3 Å². The molecule has 21 heavy (non-hydrogen) atoms. The van der Waals surface area contributed by atoms with Crippen molar-refractivity contribution in [3.05, 3.63) is 41.6 Å². The highest BCUT2D eigenvalue weighted by molar-refractivity contribution is 5.68. The molecule has 2 aromatic rings. The first-order valence-corrected chi connectivity index (χ1v) is 8.04. The summed E-state index contributed by atoms with van der Waals surface area (Å²) in [6.07, 6.45) is 3.78. The van der Waals surface area contributed by atoms with E-state index in [2.05, 4.69) is 42.2 Å². The minimum absolute atomic E-state index is 0.586. The smallest absolute Gasteiger partial charge is 0.226 e. The van der Waals surface area contributed by atoms with Crippen molar-refractivity contribution in [2.75, 3.05) is 11.4 Å². The largest absolute Gasteiger partial charge is 0.338 e. The average Bonchev–Trinajstić information content (AvgIpc) is 3.19. The first-order chi connectivity index (χ1) is 10.3. The number of nitrogens with zero attached hydrogens (tertiary/aromatic N) is 3. The summed E-state index contributed by atoms with van der Waals surface area (Å²) < 4.78 is 0. The van der Waals surface area contributed by atoms with Gasteiger partial charge < -0.3 is 4.90 Å². The van der Waals surface area contributed by atoms with E-state index in [1.54, 1.807) is 0 Å². The van der Waals surface area contributed by atoms with Crippen LogP contribution in [0.3, 0.4) is 0 Å². The molecule has 0 unspecified atom stereocenters. The fraction of sp³-hybridized carbons (Fsp3) is 0.444. The molecule has 3 aliphatic rings. The van der Waals surface area contributed by atoms with Crippen LogP contribution in [0.4, 0.5) is 5.95 Å². The van der Waals surface area contributed by atoms with Gasteiger partial charge >= 0.3 is 0 Å². The Morgan fingerprint density at radius 1 is 1.14 bits per heavy atom. The second-order valence-electron chi connectivity index (χ2n) is 6.74. The highest BCUT2D eigenvalue weighted by atomic mass is 15.3. The number of rotatable bonds is 2. The van der Waals surface area contributed by atoms with Crippen LogP contribution in [-0.4, -0.2) is 22.6 Å². The van der Waals surface area contributed by atoms with Crippen LogP contribution in [0, 0.1) is 5.92 Å². The predicted octanol–water partition coefficient (Wildman–Crippen LogP) is 3.40. The summed E-state index contributed by atoms with van der Waals surface area (Å²) in [5, 5.41) is 0. The number of benzene rings is 1. The number of hydrogen-bond donors (Lipinski definition) is 0. The predicted molar refractivity (Wildman–Crippen MR) is 83.4 cm³/mol. The lowest BCUT2D eigenvalue weighted by molar-refractivity contribution is 0.470. The molecule has 3 nitrogen and oxygen atoms in total. The maximum atomic E-state index is 4.96. The van der Waals surface area contributed by atoms with Crippen molar-refractivity contribution in [3.63, 3.8) is 0 Å². The third-order valence-electron chi connectivity index (χ3n) is 5.39. The third-order valence-corrected chi connectivity index (χ3v) is 5.39. The Morgan fingerprint density at radius 3 is 2.71 bits per heavy atom. The fourth-order valence-corrected chi connectivity index (χ4v) is 3.84. The minimum Gasteiger partial charge on any atom is -0.338 e. The molecule has 0 amide bonds. The first kappa shape index (κ1) is 11.7. The SMILES string of the molecule is C[C@H]1CCN1c1nc(-c2ccccc2)c2c(n1)[C@H]1C[C@H]1C2. The number of hydrogen-bond acceptors (Lipinski definition) is 3. The summed E-state index contributed by atoms with van der Waals surface area (Å²) in [5.74, 6) is 2.53. The molecule has 1 aromatic heterocycles. The summed E-state index contributed by atoms with van der Waals surface area (Å²) in [5.41, 5.74) is 5.19. The molecule has 0 bridgehead atoms. The van der Waals surface area contributed by atoms with Crippen molar-refractivity contribution in [3.8, 4) is 11.3 Å². The van der Waals surface area contributed by atoms with Gasteiger partial charge in [0.1, 0.15) is 0 Å². The molecule has 106 valence electrons.